The lowest BCUT2D eigenvalue weighted by molar-refractivity contribution is -0.182. The van der Waals surface area contributed by atoms with Gasteiger partial charge in [-0.1, -0.05) is 46.3 Å². The third-order valence-corrected chi connectivity index (χ3v) is 13.5. The molecule has 1 aliphatic heterocycles. The molecule has 0 amide bonds. The van der Waals surface area contributed by atoms with Gasteiger partial charge >= 0.3 is 5.97 Å². The summed E-state index contributed by atoms with van der Waals surface area (Å²) < 4.78 is 5.79. The Morgan fingerprint density at radius 2 is 1.76 bits per heavy atom. The number of carbonyl (C=O) groups is 2. The van der Waals surface area contributed by atoms with Gasteiger partial charge in [0.05, 0.1) is 23.3 Å². The van der Waals surface area contributed by atoms with E-state index in [4.69, 9.17) is 9.73 Å². The van der Waals surface area contributed by atoms with Crippen LogP contribution in [0, 0.1) is 55.7 Å². The van der Waals surface area contributed by atoms with Crippen LogP contribution in [0.4, 0.5) is 0 Å². The first-order chi connectivity index (χ1) is 17.8. The van der Waals surface area contributed by atoms with E-state index < -0.39 is 5.41 Å². The zero-order valence-corrected chi connectivity index (χ0v) is 24.0. The summed E-state index contributed by atoms with van der Waals surface area (Å²) in [5.74, 6) is 0.495. The highest BCUT2D eigenvalue weighted by atomic mass is 16.5. The molecule has 0 aromatic heterocycles. The molecule has 6 aliphatic carbocycles. The van der Waals surface area contributed by atoms with Gasteiger partial charge in [0.25, 0.3) is 0 Å². The molecule has 0 aromatic rings. The van der Waals surface area contributed by atoms with Crippen LogP contribution < -0.4 is 0 Å². The van der Waals surface area contributed by atoms with E-state index >= 15 is 0 Å². The second kappa shape index (κ2) is 6.91. The van der Waals surface area contributed by atoms with Crippen LogP contribution in [0.3, 0.4) is 0 Å². The molecule has 5 heteroatoms. The normalized spacial score (nSPS) is 48.4. The molecule has 4 saturated carbocycles. The zero-order valence-electron chi connectivity index (χ0n) is 24.0. The topological polar surface area (TPSA) is 79.5 Å². The predicted molar refractivity (Wildman–Crippen MR) is 145 cm³/mol. The molecule has 5 nitrogen and oxygen atoms in total. The highest BCUT2D eigenvalue weighted by Gasteiger charge is 2.81. The summed E-state index contributed by atoms with van der Waals surface area (Å²) in [6, 6.07) is 2.28. The first-order valence-corrected chi connectivity index (χ1v) is 15.0. The minimum atomic E-state index is -0.456. The number of nitrogens with zero attached hydrogens (tertiary/aromatic N) is 2. The van der Waals surface area contributed by atoms with Crippen molar-refractivity contribution in [3.8, 4) is 6.07 Å². The quantitative estimate of drug-likeness (QED) is 0.392. The smallest absolute Gasteiger partial charge is 0.312 e. The van der Waals surface area contributed by atoms with Crippen LogP contribution in [-0.2, 0) is 14.3 Å². The molecule has 38 heavy (non-hydrogen) atoms. The number of nitriles is 1. The molecule has 0 bridgehead atoms. The predicted octanol–water partition coefficient (Wildman–Crippen LogP) is 6.53. The highest BCUT2D eigenvalue weighted by molar-refractivity contribution is 6.17. The minimum absolute atomic E-state index is 0.00274. The van der Waals surface area contributed by atoms with Crippen LogP contribution in [0.25, 0.3) is 0 Å². The Labute approximate surface area is 227 Å². The maximum atomic E-state index is 13.7. The zero-order chi connectivity index (χ0) is 27.1. The lowest BCUT2D eigenvalue weighted by Gasteiger charge is -2.68. The number of fused-ring (bicyclic) bond motifs is 6. The van der Waals surface area contributed by atoms with Crippen molar-refractivity contribution in [2.75, 3.05) is 6.61 Å². The molecule has 0 unspecified atom stereocenters. The third kappa shape index (κ3) is 2.49. The summed E-state index contributed by atoms with van der Waals surface area (Å²) in [6.07, 6.45) is 13.0. The number of rotatable bonds is 2. The molecule has 0 aromatic carbocycles. The lowest BCUT2D eigenvalue weighted by Crippen LogP contribution is -2.69. The molecule has 7 rings (SSSR count). The molecule has 2 spiro atoms. The van der Waals surface area contributed by atoms with Gasteiger partial charge in [0.1, 0.15) is 11.6 Å². The van der Waals surface area contributed by atoms with Gasteiger partial charge in [0.15, 0.2) is 5.78 Å². The van der Waals surface area contributed by atoms with Crippen molar-refractivity contribution in [3.05, 3.63) is 23.3 Å². The average molecular weight is 515 g/mol. The van der Waals surface area contributed by atoms with E-state index in [0.29, 0.717) is 12.2 Å². The Hall–Kier alpha value is -2.22. The van der Waals surface area contributed by atoms with E-state index in [0.717, 1.165) is 57.8 Å². The van der Waals surface area contributed by atoms with E-state index in [9.17, 15) is 14.9 Å². The fourth-order valence-corrected chi connectivity index (χ4v) is 11.1. The Balaban J connectivity index is 1.39. The Bertz CT molecular complexity index is 1330. The third-order valence-electron chi connectivity index (χ3n) is 13.5. The number of hydrogen-bond acceptors (Lipinski definition) is 5. The van der Waals surface area contributed by atoms with Gasteiger partial charge in [-0.15, -0.1) is 0 Å². The number of esters is 1. The molecule has 7 aliphatic rings. The van der Waals surface area contributed by atoms with Crippen molar-refractivity contribution < 1.29 is 14.3 Å². The number of aliphatic imine (C=N–C) groups is 1. The second-order valence-electron chi connectivity index (χ2n) is 15.3. The van der Waals surface area contributed by atoms with E-state index in [1.807, 2.05) is 13.0 Å². The maximum absolute atomic E-state index is 13.7. The Kier molecular flexibility index (Phi) is 4.51. The summed E-state index contributed by atoms with van der Waals surface area (Å²) in [4.78, 5) is 32.5. The second-order valence-corrected chi connectivity index (χ2v) is 15.3. The maximum Gasteiger partial charge on any atom is 0.312 e. The van der Waals surface area contributed by atoms with E-state index in [1.165, 1.54) is 11.3 Å². The van der Waals surface area contributed by atoms with Crippen LogP contribution >= 0.6 is 0 Å². The van der Waals surface area contributed by atoms with Crippen LogP contribution in [-0.4, -0.2) is 29.6 Å². The van der Waals surface area contributed by atoms with Crippen molar-refractivity contribution in [1.82, 2.24) is 0 Å². The van der Waals surface area contributed by atoms with Gasteiger partial charge < -0.3 is 4.74 Å². The minimum Gasteiger partial charge on any atom is -0.466 e. The lowest BCUT2D eigenvalue weighted by atomic mass is 9.34. The molecule has 1 heterocycles. The fraction of sp³-hybridized carbons (Fsp3) is 0.758. The summed E-state index contributed by atoms with van der Waals surface area (Å²) in [5, 5.41) is 9.96. The van der Waals surface area contributed by atoms with Crippen molar-refractivity contribution in [3.63, 3.8) is 0 Å². The monoisotopic (exact) mass is 514 g/mol. The Morgan fingerprint density at radius 3 is 2.42 bits per heavy atom. The standard InChI is InChI=1S/C33H42N2O3/c1-7-38-26(37)32-12-10-27(2,3)18-23(32)33-24(35-33)16-22-28(4)17-20(19-34)25(36)31(14-15-31)21(28)8-9-29(22,5)30(33,6)11-13-32/h16-17,21,23H,7-15,18H2,1-6H3/t21-,23-,28+,29-,30+,32+,33-/m1/s1. The summed E-state index contributed by atoms with van der Waals surface area (Å²) in [6.45, 7) is 14.3. The summed E-state index contributed by atoms with van der Waals surface area (Å²) in [5.41, 5.74) is 1.43. The molecular formula is C33H42N2O3. The number of carbonyl (C=O) groups excluding carboxylic acids is 2. The molecule has 0 radical (unpaired) electrons. The molecule has 0 saturated heterocycles. The van der Waals surface area contributed by atoms with Crippen LogP contribution in [0.15, 0.2) is 28.3 Å². The Morgan fingerprint density at radius 1 is 1.05 bits per heavy atom. The molecule has 4 fully saturated rings. The largest absolute Gasteiger partial charge is 0.466 e. The molecule has 7 atom stereocenters. The van der Waals surface area contributed by atoms with Crippen molar-refractivity contribution >= 4 is 17.5 Å². The van der Waals surface area contributed by atoms with Gasteiger partial charge in [0.2, 0.25) is 0 Å². The number of ether oxygens (including phenoxy) is 1. The number of hydrogen-bond donors (Lipinski definition) is 0. The van der Waals surface area contributed by atoms with Crippen molar-refractivity contribution in [1.29, 1.82) is 5.26 Å². The SMILES string of the molecule is CCOC(=O)[C@]12CCC(C)(C)C[C@H]1[C@@]13N=C1C=C1[C@@]4(C)C=C(C#N)C(=O)C5(CC5)[C@@H]4CC[C@@]1(C)[C@]3(C)CC2. The van der Waals surface area contributed by atoms with Crippen molar-refractivity contribution in [2.24, 2.45) is 49.3 Å². The highest BCUT2D eigenvalue weighted by Crippen LogP contribution is 2.80. The summed E-state index contributed by atoms with van der Waals surface area (Å²) in [7, 11) is 0. The molecular weight excluding hydrogens is 472 g/mol. The average Bonchev–Trinajstić information content (AvgIpc) is 3.78. The first kappa shape index (κ1) is 24.8. The van der Waals surface area contributed by atoms with Gasteiger partial charge in [-0.05, 0) is 87.5 Å². The number of ketones is 1. The van der Waals surface area contributed by atoms with Crippen LogP contribution in [0.1, 0.15) is 99.3 Å². The van der Waals surface area contributed by atoms with E-state index in [2.05, 4.69) is 46.8 Å². The van der Waals surface area contributed by atoms with E-state index in [-0.39, 0.29) is 56.2 Å². The fourth-order valence-electron chi connectivity index (χ4n) is 11.1. The van der Waals surface area contributed by atoms with Crippen LogP contribution in [0.2, 0.25) is 0 Å². The van der Waals surface area contributed by atoms with Gasteiger partial charge in [-0.2, -0.15) is 5.26 Å². The number of allylic oxidation sites excluding steroid dienone is 3. The van der Waals surface area contributed by atoms with Gasteiger partial charge in [-0.25, -0.2) is 0 Å². The molecule has 0 N–H and O–H groups in total. The van der Waals surface area contributed by atoms with Gasteiger partial charge in [0, 0.05) is 22.2 Å². The molecule has 202 valence electrons. The number of Topliss-reactive ketones (excluding diaryl/α,β-unsaturated/α-hetero) is 1. The summed E-state index contributed by atoms with van der Waals surface area (Å²) >= 11 is 0. The van der Waals surface area contributed by atoms with E-state index in [1.54, 1.807) is 0 Å². The van der Waals surface area contributed by atoms with Crippen molar-refractivity contribution in [2.45, 2.75) is 105 Å². The van der Waals surface area contributed by atoms with Crippen LogP contribution in [0.5, 0.6) is 0 Å². The van der Waals surface area contributed by atoms with Gasteiger partial charge in [-0.3, -0.25) is 14.6 Å². The first-order valence-electron chi connectivity index (χ1n) is 15.0.